The highest BCUT2D eigenvalue weighted by atomic mass is 79.9. The van der Waals surface area contributed by atoms with E-state index in [1.807, 2.05) is 42.5 Å². The average Bonchev–Trinajstić information content (AvgIpc) is 2.82. The number of benzene rings is 3. The summed E-state index contributed by atoms with van der Waals surface area (Å²) in [6, 6.07) is 23.5. The maximum Gasteiger partial charge on any atom is 0.238 e. The minimum absolute atomic E-state index is 0.00800. The third-order valence-electron chi connectivity index (χ3n) is 5.46. The van der Waals surface area contributed by atoms with Crippen molar-refractivity contribution < 1.29 is 14.3 Å². The molecule has 164 valence electrons. The number of morpholine rings is 1. The van der Waals surface area contributed by atoms with Crippen molar-refractivity contribution in [3.63, 3.8) is 0 Å². The topological polar surface area (TPSA) is 58.6 Å². The van der Waals surface area contributed by atoms with Crippen LogP contribution in [0.5, 0.6) is 0 Å². The fraction of sp³-hybridized carbons (Fsp3) is 0.231. The number of amides is 1. The van der Waals surface area contributed by atoms with Crippen molar-refractivity contribution in [3.05, 3.63) is 88.4 Å². The van der Waals surface area contributed by atoms with Gasteiger partial charge in [-0.05, 0) is 44.8 Å². The van der Waals surface area contributed by atoms with Gasteiger partial charge in [0.1, 0.15) is 0 Å². The number of ketones is 1. The number of anilines is 1. The summed E-state index contributed by atoms with van der Waals surface area (Å²) < 4.78 is 6.07. The summed E-state index contributed by atoms with van der Waals surface area (Å²) in [4.78, 5) is 27.4. The molecule has 0 aliphatic carbocycles. The van der Waals surface area contributed by atoms with Crippen LogP contribution in [0.25, 0.3) is 11.1 Å². The van der Waals surface area contributed by atoms with Crippen LogP contribution in [-0.2, 0) is 16.0 Å². The van der Waals surface area contributed by atoms with Gasteiger partial charge >= 0.3 is 0 Å². The summed E-state index contributed by atoms with van der Waals surface area (Å²) in [5, 5.41) is 2.92. The quantitative estimate of drug-likeness (QED) is 0.480. The molecule has 1 N–H and O–H groups in total. The Morgan fingerprint density at radius 2 is 1.59 bits per heavy atom. The van der Waals surface area contributed by atoms with Gasteiger partial charge in [-0.15, -0.1) is 0 Å². The second-order valence-electron chi connectivity index (χ2n) is 7.79. The van der Waals surface area contributed by atoms with Crippen molar-refractivity contribution in [1.82, 2.24) is 4.90 Å². The number of nitrogens with zero attached hydrogens (tertiary/aromatic N) is 1. The fourth-order valence-electron chi connectivity index (χ4n) is 3.68. The molecule has 6 heteroatoms. The third-order valence-corrected chi connectivity index (χ3v) is 6.15. The van der Waals surface area contributed by atoms with Crippen molar-refractivity contribution in [2.75, 3.05) is 38.2 Å². The van der Waals surface area contributed by atoms with Gasteiger partial charge in [-0.1, -0.05) is 60.7 Å². The minimum atomic E-state index is -0.103. The third kappa shape index (κ3) is 5.91. The first-order chi connectivity index (χ1) is 15.6. The fourth-order valence-corrected chi connectivity index (χ4v) is 4.03. The molecule has 1 saturated heterocycles. The van der Waals surface area contributed by atoms with Crippen LogP contribution < -0.4 is 5.32 Å². The molecule has 0 spiro atoms. The minimum Gasteiger partial charge on any atom is -0.379 e. The van der Waals surface area contributed by atoms with Crippen LogP contribution in [0.4, 0.5) is 5.69 Å². The van der Waals surface area contributed by atoms with Crippen molar-refractivity contribution in [2.45, 2.75) is 6.42 Å². The Hall–Kier alpha value is -2.80. The number of carbonyl (C=O) groups is 2. The van der Waals surface area contributed by atoms with E-state index in [1.165, 1.54) is 0 Å². The first-order valence-electron chi connectivity index (χ1n) is 10.7. The number of halogens is 1. The van der Waals surface area contributed by atoms with Crippen LogP contribution in [0.3, 0.4) is 0 Å². The molecule has 4 rings (SSSR count). The maximum absolute atomic E-state index is 12.9. The monoisotopic (exact) mass is 492 g/mol. The number of hydrogen-bond acceptors (Lipinski definition) is 4. The van der Waals surface area contributed by atoms with Crippen LogP contribution >= 0.6 is 15.9 Å². The van der Waals surface area contributed by atoms with Gasteiger partial charge in [0, 0.05) is 29.5 Å². The Kier molecular flexibility index (Phi) is 7.47. The van der Waals surface area contributed by atoms with Crippen LogP contribution in [-0.4, -0.2) is 49.4 Å². The molecule has 3 aromatic carbocycles. The second kappa shape index (κ2) is 10.7. The highest BCUT2D eigenvalue weighted by Crippen LogP contribution is 2.25. The van der Waals surface area contributed by atoms with Gasteiger partial charge in [0.05, 0.1) is 25.4 Å². The SMILES string of the molecule is O=C(CN1CCOCC1)Nc1cc(C(=O)Cc2ccc(-c3ccccc3)cc2)ccc1Br. The highest BCUT2D eigenvalue weighted by molar-refractivity contribution is 9.10. The number of Topliss-reactive ketones (excluding diaryl/α,β-unsaturated/α-hetero) is 1. The lowest BCUT2D eigenvalue weighted by molar-refractivity contribution is -0.118. The van der Waals surface area contributed by atoms with Gasteiger partial charge in [-0.25, -0.2) is 0 Å². The summed E-state index contributed by atoms with van der Waals surface area (Å²) in [6.45, 7) is 3.09. The van der Waals surface area contributed by atoms with Gasteiger partial charge in [-0.2, -0.15) is 0 Å². The summed E-state index contributed by atoms with van der Waals surface area (Å²) in [7, 11) is 0. The van der Waals surface area contributed by atoms with Crippen molar-refractivity contribution >= 4 is 33.3 Å². The zero-order chi connectivity index (χ0) is 22.3. The predicted molar refractivity (Wildman–Crippen MR) is 130 cm³/mol. The lowest BCUT2D eigenvalue weighted by Gasteiger charge is -2.25. The molecule has 0 atom stereocenters. The summed E-state index contributed by atoms with van der Waals surface area (Å²) in [5.41, 5.74) is 4.40. The van der Waals surface area contributed by atoms with E-state index in [0.717, 1.165) is 34.3 Å². The summed E-state index contributed by atoms with van der Waals surface area (Å²) >= 11 is 3.47. The molecule has 5 nitrogen and oxygen atoms in total. The molecule has 0 bridgehead atoms. The smallest absolute Gasteiger partial charge is 0.238 e. The Labute approximate surface area is 196 Å². The van der Waals surface area contributed by atoms with Crippen molar-refractivity contribution in [3.8, 4) is 11.1 Å². The van der Waals surface area contributed by atoms with Crippen LogP contribution in [0.15, 0.2) is 77.3 Å². The Bertz CT molecular complexity index is 1080. The summed E-state index contributed by atoms with van der Waals surface area (Å²) in [6.07, 6.45) is 0.303. The molecular weight excluding hydrogens is 468 g/mol. The first-order valence-corrected chi connectivity index (χ1v) is 11.4. The molecule has 0 aromatic heterocycles. The van der Waals surface area contributed by atoms with E-state index < -0.39 is 0 Å². The average molecular weight is 493 g/mol. The molecule has 3 aromatic rings. The molecule has 32 heavy (non-hydrogen) atoms. The summed E-state index contributed by atoms with van der Waals surface area (Å²) in [5.74, 6) is -0.0951. The van der Waals surface area contributed by atoms with Crippen LogP contribution in [0.1, 0.15) is 15.9 Å². The molecule has 1 fully saturated rings. The first kappa shape index (κ1) is 22.4. The van der Waals surface area contributed by atoms with Gasteiger partial charge in [0.15, 0.2) is 5.78 Å². The van der Waals surface area contributed by atoms with E-state index in [1.54, 1.807) is 18.2 Å². The predicted octanol–water partition coefficient (Wildman–Crippen LogP) is 4.81. The Morgan fingerprint density at radius 3 is 2.31 bits per heavy atom. The van der Waals surface area contributed by atoms with Gasteiger partial charge in [-0.3, -0.25) is 14.5 Å². The van der Waals surface area contributed by atoms with Gasteiger partial charge in [0.2, 0.25) is 5.91 Å². The molecule has 1 aliphatic rings. The van der Waals surface area contributed by atoms with E-state index in [-0.39, 0.29) is 11.7 Å². The highest BCUT2D eigenvalue weighted by Gasteiger charge is 2.16. The molecule has 0 unspecified atom stereocenters. The van der Waals surface area contributed by atoms with E-state index in [9.17, 15) is 9.59 Å². The second-order valence-corrected chi connectivity index (χ2v) is 8.65. The van der Waals surface area contributed by atoms with Crippen LogP contribution in [0.2, 0.25) is 0 Å². The molecular formula is C26H25BrN2O3. The lowest BCUT2D eigenvalue weighted by Crippen LogP contribution is -2.41. The van der Waals surface area contributed by atoms with E-state index in [0.29, 0.717) is 37.4 Å². The Morgan fingerprint density at radius 1 is 0.906 bits per heavy atom. The number of carbonyl (C=O) groups excluding carboxylic acids is 2. The van der Waals surface area contributed by atoms with Gasteiger partial charge < -0.3 is 10.1 Å². The number of nitrogens with one attached hydrogen (secondary N) is 1. The van der Waals surface area contributed by atoms with E-state index >= 15 is 0 Å². The maximum atomic E-state index is 12.9. The number of rotatable bonds is 7. The van der Waals surface area contributed by atoms with Crippen LogP contribution in [0, 0.1) is 0 Å². The molecule has 1 amide bonds. The zero-order valence-electron chi connectivity index (χ0n) is 17.7. The van der Waals surface area contributed by atoms with E-state index in [2.05, 4.69) is 38.3 Å². The molecule has 0 radical (unpaired) electrons. The molecule has 0 saturated carbocycles. The van der Waals surface area contributed by atoms with Crippen molar-refractivity contribution in [2.24, 2.45) is 0 Å². The standard InChI is InChI=1S/C26H25BrN2O3/c27-23-11-10-22(17-24(23)28-26(31)18-29-12-14-32-15-13-29)25(30)16-19-6-8-21(9-7-19)20-4-2-1-3-5-20/h1-11,17H,12-16,18H2,(H,28,31). The van der Waals surface area contributed by atoms with E-state index in [4.69, 9.17) is 4.74 Å². The normalized spacial score (nSPS) is 14.2. The largest absolute Gasteiger partial charge is 0.379 e. The number of hydrogen-bond donors (Lipinski definition) is 1. The Balaban J connectivity index is 1.40. The van der Waals surface area contributed by atoms with Crippen molar-refractivity contribution in [1.29, 1.82) is 0 Å². The van der Waals surface area contributed by atoms with Gasteiger partial charge in [0.25, 0.3) is 0 Å². The number of ether oxygens (including phenoxy) is 1. The molecule has 1 heterocycles. The zero-order valence-corrected chi connectivity index (χ0v) is 19.3. The molecule has 1 aliphatic heterocycles. The lowest BCUT2D eigenvalue weighted by atomic mass is 9.99.